The second kappa shape index (κ2) is 6.42. The van der Waals surface area contributed by atoms with Gasteiger partial charge in [0.25, 0.3) is 0 Å². The quantitative estimate of drug-likeness (QED) is 0.757. The van der Waals surface area contributed by atoms with Gasteiger partial charge < -0.3 is 9.84 Å². The lowest BCUT2D eigenvalue weighted by Crippen LogP contribution is -2.35. The Balaban J connectivity index is 1.51. The number of aromatic nitrogens is 2. The number of sulfone groups is 1. The predicted molar refractivity (Wildman–Crippen MR) is 92.4 cm³/mol. The van der Waals surface area contributed by atoms with Gasteiger partial charge in [0, 0.05) is 5.56 Å². The third kappa shape index (κ3) is 3.33. The van der Waals surface area contributed by atoms with Crippen molar-refractivity contribution in [2.24, 2.45) is 0 Å². The molecule has 1 fully saturated rings. The molecule has 3 aromatic rings. The minimum atomic E-state index is -3.35. The molecule has 0 unspecified atom stereocenters. The van der Waals surface area contributed by atoms with Crippen LogP contribution in [-0.2, 0) is 15.6 Å². The Labute approximate surface area is 145 Å². The van der Waals surface area contributed by atoms with Crippen LogP contribution in [0.2, 0.25) is 0 Å². The molecule has 2 aromatic carbocycles. The summed E-state index contributed by atoms with van der Waals surface area (Å²) in [6.07, 6.45) is 0.998. The zero-order valence-electron chi connectivity index (χ0n) is 13.4. The molecule has 1 atom stereocenters. The maximum atomic E-state index is 12.4. The maximum absolute atomic E-state index is 12.4. The Morgan fingerprint density at radius 1 is 1.08 bits per heavy atom. The van der Waals surface area contributed by atoms with Crippen molar-refractivity contribution in [2.45, 2.75) is 23.1 Å². The largest absolute Gasteiger partial charge is 0.337 e. The number of nitrogens with one attached hydrogen (secondary N) is 1. The van der Waals surface area contributed by atoms with Crippen molar-refractivity contribution in [3.8, 4) is 11.4 Å². The van der Waals surface area contributed by atoms with Gasteiger partial charge in [-0.15, -0.1) is 0 Å². The van der Waals surface area contributed by atoms with Crippen molar-refractivity contribution in [2.75, 3.05) is 6.54 Å². The highest BCUT2D eigenvalue weighted by atomic mass is 32.2. The first-order valence-electron chi connectivity index (χ1n) is 8.06. The minimum absolute atomic E-state index is 0.0409. The van der Waals surface area contributed by atoms with E-state index in [1.165, 1.54) is 0 Å². The van der Waals surface area contributed by atoms with Crippen LogP contribution >= 0.6 is 0 Å². The number of nitrogens with zero attached hydrogens (tertiary/aromatic N) is 2. The zero-order chi connectivity index (χ0) is 17.3. The Hall–Kier alpha value is -2.51. The van der Waals surface area contributed by atoms with Crippen molar-refractivity contribution in [1.29, 1.82) is 0 Å². The molecule has 0 aliphatic carbocycles. The molecule has 1 N–H and O–H groups in total. The van der Waals surface area contributed by atoms with E-state index in [1.54, 1.807) is 42.5 Å². The van der Waals surface area contributed by atoms with Gasteiger partial charge in [0.05, 0.1) is 16.7 Å². The molecule has 4 rings (SSSR count). The smallest absolute Gasteiger partial charge is 0.244 e. The van der Waals surface area contributed by atoms with E-state index in [4.69, 9.17) is 4.52 Å². The normalized spacial score (nSPS) is 17.2. The molecule has 1 aliphatic heterocycles. The van der Waals surface area contributed by atoms with Gasteiger partial charge in [-0.3, -0.25) is 0 Å². The fraction of sp³-hybridized carbons (Fsp3) is 0.222. The van der Waals surface area contributed by atoms with Crippen LogP contribution in [0, 0.1) is 0 Å². The van der Waals surface area contributed by atoms with Gasteiger partial charge in [-0.2, -0.15) is 4.98 Å². The average molecular weight is 355 g/mol. The van der Waals surface area contributed by atoms with Crippen LogP contribution in [0.25, 0.3) is 11.4 Å². The van der Waals surface area contributed by atoms with Crippen molar-refractivity contribution in [1.82, 2.24) is 15.5 Å². The van der Waals surface area contributed by atoms with Gasteiger partial charge in [0.2, 0.25) is 11.7 Å². The molecule has 128 valence electrons. The zero-order valence-corrected chi connectivity index (χ0v) is 14.2. The third-order valence-corrected chi connectivity index (χ3v) is 5.94. The van der Waals surface area contributed by atoms with Crippen molar-refractivity contribution < 1.29 is 12.9 Å². The lowest BCUT2D eigenvalue weighted by molar-refractivity contribution is 0.273. The van der Waals surface area contributed by atoms with Crippen molar-refractivity contribution in [3.63, 3.8) is 0 Å². The highest BCUT2D eigenvalue weighted by Crippen LogP contribution is 2.25. The second-order valence-corrected chi connectivity index (χ2v) is 8.01. The van der Waals surface area contributed by atoms with Crippen LogP contribution in [0.3, 0.4) is 0 Å². The van der Waals surface area contributed by atoms with Gasteiger partial charge >= 0.3 is 0 Å². The van der Waals surface area contributed by atoms with Crippen LogP contribution in [0.5, 0.6) is 0 Å². The summed E-state index contributed by atoms with van der Waals surface area (Å²) in [5.74, 6) is 1.07. The Morgan fingerprint density at radius 2 is 1.80 bits per heavy atom. The van der Waals surface area contributed by atoms with Crippen LogP contribution in [0.15, 0.2) is 64.0 Å². The van der Waals surface area contributed by atoms with Gasteiger partial charge in [-0.05, 0) is 30.7 Å². The summed E-state index contributed by atoms with van der Waals surface area (Å²) in [7, 11) is -3.35. The summed E-state index contributed by atoms with van der Waals surface area (Å²) in [6, 6.07) is 15.8. The summed E-state index contributed by atoms with van der Waals surface area (Å²) in [4.78, 5) is 4.72. The molecular formula is C18H17N3O3S. The Morgan fingerprint density at radius 3 is 2.44 bits per heavy atom. The van der Waals surface area contributed by atoms with Crippen molar-refractivity contribution >= 4 is 9.84 Å². The molecule has 1 aromatic heterocycles. The number of rotatable bonds is 5. The fourth-order valence-electron chi connectivity index (χ4n) is 2.67. The van der Waals surface area contributed by atoms with E-state index >= 15 is 0 Å². The van der Waals surface area contributed by atoms with Gasteiger partial charge in [0.15, 0.2) is 9.84 Å². The average Bonchev–Trinajstić information content (AvgIpc) is 3.04. The van der Waals surface area contributed by atoms with E-state index in [9.17, 15) is 8.42 Å². The van der Waals surface area contributed by atoms with E-state index in [0.29, 0.717) is 16.6 Å². The van der Waals surface area contributed by atoms with Gasteiger partial charge in [-0.1, -0.05) is 47.6 Å². The van der Waals surface area contributed by atoms with Crippen LogP contribution in [-0.4, -0.2) is 25.1 Å². The van der Waals surface area contributed by atoms with E-state index in [-0.39, 0.29) is 11.8 Å². The molecule has 0 saturated carbocycles. The van der Waals surface area contributed by atoms with Gasteiger partial charge in [-0.25, -0.2) is 8.42 Å². The minimum Gasteiger partial charge on any atom is -0.337 e. The Bertz CT molecular complexity index is 962. The Kier molecular flexibility index (Phi) is 4.10. The van der Waals surface area contributed by atoms with Gasteiger partial charge in [0.1, 0.15) is 0 Å². The van der Waals surface area contributed by atoms with E-state index in [1.807, 2.05) is 12.1 Å². The maximum Gasteiger partial charge on any atom is 0.244 e. The fourth-order valence-corrected chi connectivity index (χ4v) is 4.04. The van der Waals surface area contributed by atoms with E-state index < -0.39 is 9.84 Å². The molecule has 0 radical (unpaired) electrons. The number of hydrogen-bond acceptors (Lipinski definition) is 6. The second-order valence-electron chi connectivity index (χ2n) is 6.02. The standard InChI is InChI=1S/C18H17N3O3S/c22-25(23,15-4-2-1-3-5-15)12-13-6-8-14(9-7-13)17-20-18(24-21-17)16-10-11-19-16/h1-9,16,19H,10-12H2/t16-/m0/s1. The molecule has 25 heavy (non-hydrogen) atoms. The van der Waals surface area contributed by atoms with E-state index in [2.05, 4.69) is 15.5 Å². The molecular weight excluding hydrogens is 338 g/mol. The summed E-state index contributed by atoms with van der Waals surface area (Å²) in [6.45, 7) is 0.965. The van der Waals surface area contributed by atoms with Crippen LogP contribution < -0.4 is 5.32 Å². The predicted octanol–water partition coefficient (Wildman–Crippen LogP) is 2.74. The summed E-state index contributed by atoms with van der Waals surface area (Å²) >= 11 is 0. The molecule has 6 nitrogen and oxygen atoms in total. The molecule has 2 heterocycles. The first-order chi connectivity index (χ1) is 12.1. The monoisotopic (exact) mass is 355 g/mol. The first-order valence-corrected chi connectivity index (χ1v) is 9.71. The van der Waals surface area contributed by atoms with E-state index in [0.717, 1.165) is 24.1 Å². The highest BCUT2D eigenvalue weighted by Gasteiger charge is 2.25. The van der Waals surface area contributed by atoms with Crippen LogP contribution in [0.4, 0.5) is 0 Å². The first kappa shape index (κ1) is 16.0. The lowest BCUT2D eigenvalue weighted by Gasteiger charge is -2.23. The third-order valence-electron chi connectivity index (χ3n) is 4.23. The summed E-state index contributed by atoms with van der Waals surface area (Å²) < 4.78 is 30.1. The highest BCUT2D eigenvalue weighted by molar-refractivity contribution is 7.90. The molecule has 0 amide bonds. The number of hydrogen-bond donors (Lipinski definition) is 1. The molecule has 1 aliphatic rings. The molecule has 1 saturated heterocycles. The van der Waals surface area contributed by atoms with Crippen molar-refractivity contribution in [3.05, 3.63) is 66.1 Å². The molecule has 0 bridgehead atoms. The summed E-state index contributed by atoms with van der Waals surface area (Å²) in [5, 5.41) is 7.21. The van der Waals surface area contributed by atoms with Crippen LogP contribution in [0.1, 0.15) is 23.9 Å². The number of benzene rings is 2. The molecule has 0 spiro atoms. The summed E-state index contributed by atoms with van der Waals surface area (Å²) in [5.41, 5.74) is 1.52. The SMILES string of the molecule is O=S(=O)(Cc1ccc(-c2noc([C@@H]3CCN3)n2)cc1)c1ccccc1. The lowest BCUT2D eigenvalue weighted by atomic mass is 10.1. The topological polar surface area (TPSA) is 85.1 Å². The molecule has 7 heteroatoms.